The van der Waals surface area contributed by atoms with Crippen molar-refractivity contribution in [2.24, 2.45) is 5.92 Å². The van der Waals surface area contributed by atoms with E-state index in [0.29, 0.717) is 6.61 Å². The average Bonchev–Trinajstić information content (AvgIpc) is 3.06. The monoisotopic (exact) mass is 381 g/mol. The van der Waals surface area contributed by atoms with Crippen LogP contribution in [-0.4, -0.2) is 4.57 Å². The van der Waals surface area contributed by atoms with Crippen molar-refractivity contribution in [1.82, 2.24) is 4.57 Å². The largest absolute Gasteiger partial charge is 0.487 e. The Kier molecular flexibility index (Phi) is 6.03. The van der Waals surface area contributed by atoms with Crippen molar-refractivity contribution in [3.05, 3.63) is 65.3 Å². The highest BCUT2D eigenvalue weighted by atomic mass is 35.5. The molecule has 4 rings (SSSR count). The molecule has 2 aromatic carbocycles. The minimum Gasteiger partial charge on any atom is -0.487 e. The fourth-order valence-corrected chi connectivity index (χ4v) is 4.48. The maximum Gasteiger partial charge on any atom is 0.128 e. The minimum atomic E-state index is 0.583. The summed E-state index contributed by atoms with van der Waals surface area (Å²) in [5.74, 6) is 1.80. The van der Waals surface area contributed by atoms with Crippen LogP contribution in [0.5, 0.6) is 5.75 Å². The van der Waals surface area contributed by atoms with Gasteiger partial charge in [-0.1, -0.05) is 61.9 Å². The van der Waals surface area contributed by atoms with E-state index in [1.807, 2.05) is 24.3 Å². The summed E-state index contributed by atoms with van der Waals surface area (Å²) in [6.07, 6.45) is 9.75. The van der Waals surface area contributed by atoms with Crippen LogP contribution in [0.3, 0.4) is 0 Å². The van der Waals surface area contributed by atoms with Crippen LogP contribution in [0.25, 0.3) is 10.9 Å². The lowest BCUT2D eigenvalue weighted by atomic mass is 9.86. The van der Waals surface area contributed by atoms with Crippen LogP contribution < -0.4 is 4.74 Å². The summed E-state index contributed by atoms with van der Waals surface area (Å²) in [5.41, 5.74) is 2.56. The first kappa shape index (κ1) is 18.4. The Hall–Kier alpha value is -1.93. The van der Waals surface area contributed by atoms with Crippen molar-refractivity contribution >= 4 is 22.5 Å². The summed E-state index contributed by atoms with van der Waals surface area (Å²) in [6, 6.07) is 18.5. The number of halogens is 1. The van der Waals surface area contributed by atoms with Crippen LogP contribution in [0, 0.1) is 5.92 Å². The molecule has 0 spiro atoms. The third-order valence-corrected chi connectivity index (χ3v) is 6.07. The van der Waals surface area contributed by atoms with Gasteiger partial charge in [0.15, 0.2) is 0 Å². The third-order valence-electron chi connectivity index (χ3n) is 5.82. The molecule has 0 saturated heterocycles. The molecule has 0 N–H and O–H groups in total. The number of hydrogen-bond acceptors (Lipinski definition) is 1. The lowest BCUT2D eigenvalue weighted by Crippen LogP contribution is -2.10. The van der Waals surface area contributed by atoms with E-state index in [4.69, 9.17) is 16.3 Å². The lowest BCUT2D eigenvalue weighted by Gasteiger charge is -2.21. The smallest absolute Gasteiger partial charge is 0.128 e. The van der Waals surface area contributed by atoms with Crippen LogP contribution in [0.2, 0.25) is 5.02 Å². The highest BCUT2D eigenvalue weighted by Crippen LogP contribution is 2.28. The molecule has 0 amide bonds. The van der Waals surface area contributed by atoms with E-state index in [1.165, 1.54) is 61.5 Å². The van der Waals surface area contributed by atoms with Crippen molar-refractivity contribution in [2.75, 3.05) is 0 Å². The Labute approximate surface area is 167 Å². The summed E-state index contributed by atoms with van der Waals surface area (Å²) < 4.78 is 8.49. The Morgan fingerprint density at radius 3 is 2.56 bits per heavy atom. The summed E-state index contributed by atoms with van der Waals surface area (Å²) in [5, 5.41) is 2.03. The predicted octanol–water partition coefficient (Wildman–Crippen LogP) is 7.23. The second-order valence-electron chi connectivity index (χ2n) is 7.73. The molecule has 1 heterocycles. The summed E-state index contributed by atoms with van der Waals surface area (Å²) in [6.45, 7) is 1.66. The van der Waals surface area contributed by atoms with Crippen molar-refractivity contribution in [2.45, 2.75) is 58.1 Å². The second kappa shape index (κ2) is 8.84. The van der Waals surface area contributed by atoms with Crippen LogP contribution in [0.4, 0.5) is 0 Å². The summed E-state index contributed by atoms with van der Waals surface area (Å²) >= 11 is 5.97. The zero-order valence-corrected chi connectivity index (χ0v) is 16.6. The van der Waals surface area contributed by atoms with Crippen LogP contribution >= 0.6 is 11.6 Å². The first-order valence-electron chi connectivity index (χ1n) is 10.2. The molecular formula is C24H28ClNO. The van der Waals surface area contributed by atoms with E-state index in [2.05, 4.69) is 34.9 Å². The number of benzene rings is 2. The average molecular weight is 382 g/mol. The maximum atomic E-state index is 6.03. The quantitative estimate of drug-likeness (QED) is 0.420. The zero-order valence-electron chi connectivity index (χ0n) is 15.9. The molecule has 142 valence electrons. The highest BCUT2D eigenvalue weighted by molar-refractivity contribution is 6.30. The van der Waals surface area contributed by atoms with Crippen LogP contribution in [0.15, 0.2) is 54.6 Å². The fraction of sp³-hybridized carbons (Fsp3) is 0.417. The van der Waals surface area contributed by atoms with Gasteiger partial charge in [0, 0.05) is 17.1 Å². The Morgan fingerprint density at radius 2 is 1.74 bits per heavy atom. The number of aromatic nitrogens is 1. The minimum absolute atomic E-state index is 0.583. The SMILES string of the molecule is Clc1ccc(OCc2cc3ccccc3n2CCCC2CCCCC2)cc1. The van der Waals surface area contributed by atoms with E-state index in [0.717, 1.165) is 23.2 Å². The standard InChI is InChI=1S/C24H28ClNO/c25-21-12-14-23(15-13-21)27-18-22-17-20-10-4-5-11-24(20)26(22)16-6-9-19-7-2-1-3-8-19/h4-5,10-15,17,19H,1-3,6-9,16,18H2. The molecule has 2 nitrogen and oxygen atoms in total. The Morgan fingerprint density at radius 1 is 0.963 bits per heavy atom. The predicted molar refractivity (Wildman–Crippen MR) is 114 cm³/mol. The molecule has 3 aromatic rings. The summed E-state index contributed by atoms with van der Waals surface area (Å²) in [4.78, 5) is 0. The van der Waals surface area contributed by atoms with Gasteiger partial charge in [-0.05, 0) is 60.5 Å². The van der Waals surface area contributed by atoms with Gasteiger partial charge in [0.2, 0.25) is 0 Å². The van der Waals surface area contributed by atoms with Gasteiger partial charge in [-0.3, -0.25) is 0 Å². The van der Waals surface area contributed by atoms with Crippen molar-refractivity contribution in [1.29, 1.82) is 0 Å². The van der Waals surface area contributed by atoms with Crippen molar-refractivity contribution in [3.63, 3.8) is 0 Å². The van der Waals surface area contributed by atoms with Crippen molar-refractivity contribution in [3.8, 4) is 5.75 Å². The van der Waals surface area contributed by atoms with Gasteiger partial charge in [-0.25, -0.2) is 0 Å². The maximum absolute atomic E-state index is 6.03. The molecule has 1 aliphatic carbocycles. The van der Waals surface area contributed by atoms with Gasteiger partial charge in [-0.15, -0.1) is 0 Å². The molecule has 0 unspecified atom stereocenters. The van der Waals surface area contributed by atoms with Gasteiger partial charge in [-0.2, -0.15) is 0 Å². The number of fused-ring (bicyclic) bond motifs is 1. The van der Waals surface area contributed by atoms with E-state index < -0.39 is 0 Å². The van der Waals surface area contributed by atoms with E-state index in [1.54, 1.807) is 0 Å². The van der Waals surface area contributed by atoms with E-state index in [-0.39, 0.29) is 0 Å². The Balaban J connectivity index is 1.45. The van der Waals surface area contributed by atoms with Crippen LogP contribution in [0.1, 0.15) is 50.6 Å². The molecule has 0 atom stereocenters. The van der Waals surface area contributed by atoms with Gasteiger partial charge < -0.3 is 9.30 Å². The van der Waals surface area contributed by atoms with Crippen molar-refractivity contribution < 1.29 is 4.74 Å². The zero-order chi connectivity index (χ0) is 18.5. The molecule has 27 heavy (non-hydrogen) atoms. The van der Waals surface area contributed by atoms with Gasteiger partial charge in [0.25, 0.3) is 0 Å². The molecule has 0 bridgehead atoms. The normalized spacial score (nSPS) is 15.3. The number of rotatable bonds is 7. The first-order chi connectivity index (χ1) is 13.3. The molecule has 0 aliphatic heterocycles. The Bertz CT molecular complexity index is 862. The van der Waals surface area contributed by atoms with E-state index >= 15 is 0 Å². The van der Waals surface area contributed by atoms with Crippen LogP contribution in [-0.2, 0) is 13.2 Å². The second-order valence-corrected chi connectivity index (χ2v) is 8.17. The number of aryl methyl sites for hydroxylation is 1. The topological polar surface area (TPSA) is 14.2 Å². The molecular weight excluding hydrogens is 354 g/mol. The molecule has 1 saturated carbocycles. The van der Waals surface area contributed by atoms with Gasteiger partial charge in [0.05, 0.1) is 5.69 Å². The summed E-state index contributed by atoms with van der Waals surface area (Å²) in [7, 11) is 0. The fourth-order valence-electron chi connectivity index (χ4n) is 4.35. The number of hydrogen-bond donors (Lipinski definition) is 0. The third kappa shape index (κ3) is 4.68. The first-order valence-corrected chi connectivity index (χ1v) is 10.6. The number of nitrogens with zero attached hydrogens (tertiary/aromatic N) is 1. The molecule has 3 heteroatoms. The molecule has 0 radical (unpaired) electrons. The molecule has 1 fully saturated rings. The van der Waals surface area contributed by atoms with E-state index in [9.17, 15) is 0 Å². The number of ether oxygens (including phenoxy) is 1. The van der Waals surface area contributed by atoms with Gasteiger partial charge in [0.1, 0.15) is 12.4 Å². The highest BCUT2D eigenvalue weighted by Gasteiger charge is 2.14. The molecule has 1 aromatic heterocycles. The lowest BCUT2D eigenvalue weighted by molar-refractivity contribution is 0.292. The number of para-hydroxylation sites is 1. The van der Waals surface area contributed by atoms with Gasteiger partial charge >= 0.3 is 0 Å². The molecule has 1 aliphatic rings.